The Morgan fingerprint density at radius 2 is 1.85 bits per heavy atom. The first-order valence-electron chi connectivity index (χ1n) is 9.80. The van der Waals surface area contributed by atoms with Crippen LogP contribution in [0.5, 0.6) is 0 Å². The number of fused-ring (bicyclic) bond motifs is 1. The Labute approximate surface area is 156 Å². The van der Waals surface area contributed by atoms with Gasteiger partial charge in [-0.3, -0.25) is 14.7 Å². The molecule has 0 radical (unpaired) electrons. The van der Waals surface area contributed by atoms with Gasteiger partial charge in [0.1, 0.15) is 0 Å². The van der Waals surface area contributed by atoms with Gasteiger partial charge in [-0.2, -0.15) is 0 Å². The minimum absolute atomic E-state index is 0.129. The van der Waals surface area contributed by atoms with E-state index in [1.807, 2.05) is 35.2 Å². The smallest absolute Gasteiger partial charge is 0.253 e. The molecule has 2 heterocycles. The summed E-state index contributed by atoms with van der Waals surface area (Å²) < 4.78 is 0. The lowest BCUT2D eigenvalue weighted by atomic mass is 10.1. The van der Waals surface area contributed by atoms with Gasteiger partial charge in [0.05, 0.1) is 5.52 Å². The maximum absolute atomic E-state index is 13.0. The molecule has 0 N–H and O–H groups in total. The van der Waals surface area contributed by atoms with E-state index in [1.165, 1.54) is 0 Å². The molecule has 2 aromatic rings. The van der Waals surface area contributed by atoms with Crippen molar-refractivity contribution in [3.63, 3.8) is 0 Å². The lowest BCUT2D eigenvalue weighted by Crippen LogP contribution is -2.48. The number of aromatic nitrogens is 1. The van der Waals surface area contributed by atoms with Crippen LogP contribution in [-0.4, -0.2) is 77.9 Å². The molecule has 1 fully saturated rings. The monoisotopic (exact) mass is 354 g/mol. The van der Waals surface area contributed by atoms with Crippen molar-refractivity contribution >= 4 is 16.8 Å². The van der Waals surface area contributed by atoms with Crippen molar-refractivity contribution in [3.8, 4) is 0 Å². The molecule has 3 rings (SSSR count). The van der Waals surface area contributed by atoms with Crippen LogP contribution in [0.1, 0.15) is 30.6 Å². The van der Waals surface area contributed by atoms with Crippen molar-refractivity contribution < 1.29 is 4.79 Å². The Kier molecular flexibility index (Phi) is 6.58. The van der Waals surface area contributed by atoms with E-state index in [9.17, 15) is 4.79 Å². The normalized spacial score (nSPS) is 16.1. The van der Waals surface area contributed by atoms with E-state index in [0.29, 0.717) is 0 Å². The zero-order chi connectivity index (χ0) is 18.4. The lowest BCUT2D eigenvalue weighted by molar-refractivity contribution is 0.0708. The molecule has 1 aliphatic rings. The van der Waals surface area contributed by atoms with E-state index in [1.54, 1.807) is 6.20 Å². The summed E-state index contributed by atoms with van der Waals surface area (Å²) in [4.78, 5) is 24.3. The van der Waals surface area contributed by atoms with Crippen LogP contribution in [0.25, 0.3) is 10.9 Å². The average Bonchev–Trinajstić information content (AvgIpc) is 2.70. The van der Waals surface area contributed by atoms with Crippen LogP contribution in [0.4, 0.5) is 0 Å². The third kappa shape index (κ3) is 4.59. The number of piperazine rings is 1. The fourth-order valence-corrected chi connectivity index (χ4v) is 3.57. The Morgan fingerprint density at radius 3 is 2.58 bits per heavy atom. The molecule has 0 unspecified atom stereocenters. The van der Waals surface area contributed by atoms with Crippen molar-refractivity contribution in [2.45, 2.75) is 20.3 Å². The van der Waals surface area contributed by atoms with Crippen molar-refractivity contribution in [3.05, 3.63) is 42.1 Å². The second-order valence-electron chi connectivity index (χ2n) is 6.98. The number of likely N-dealkylation sites (N-methyl/N-ethyl adjacent to an activating group) is 1. The molecule has 0 bridgehead atoms. The molecular weight excluding hydrogens is 324 g/mol. The summed E-state index contributed by atoms with van der Waals surface area (Å²) in [6.07, 6.45) is 2.76. The van der Waals surface area contributed by atoms with E-state index in [0.717, 1.165) is 75.2 Å². The number of carbonyl (C=O) groups is 1. The van der Waals surface area contributed by atoms with Crippen LogP contribution in [0, 0.1) is 0 Å². The van der Waals surface area contributed by atoms with Gasteiger partial charge in [-0.25, -0.2) is 0 Å². The zero-order valence-corrected chi connectivity index (χ0v) is 16.0. The molecular formula is C21H30N4O. The molecule has 0 aliphatic carbocycles. The first kappa shape index (κ1) is 18.8. The number of carbonyl (C=O) groups excluding carboxylic acids is 1. The highest BCUT2D eigenvalue weighted by atomic mass is 16.2. The molecule has 5 nitrogen and oxygen atoms in total. The van der Waals surface area contributed by atoms with E-state index < -0.39 is 0 Å². The van der Waals surface area contributed by atoms with Gasteiger partial charge in [0.2, 0.25) is 0 Å². The highest BCUT2D eigenvalue weighted by Gasteiger charge is 2.19. The second-order valence-corrected chi connectivity index (χ2v) is 6.98. The number of hydrogen-bond donors (Lipinski definition) is 0. The molecule has 26 heavy (non-hydrogen) atoms. The third-order valence-electron chi connectivity index (χ3n) is 5.23. The Bertz CT molecular complexity index is 725. The minimum atomic E-state index is 0.129. The molecule has 140 valence electrons. The van der Waals surface area contributed by atoms with Gasteiger partial charge in [-0.15, -0.1) is 0 Å². The predicted molar refractivity (Wildman–Crippen MR) is 106 cm³/mol. The number of hydrogen-bond acceptors (Lipinski definition) is 4. The molecule has 1 aromatic heterocycles. The Morgan fingerprint density at radius 1 is 1.08 bits per heavy atom. The highest BCUT2D eigenvalue weighted by molar-refractivity contribution is 5.97. The maximum atomic E-state index is 13.0. The van der Waals surface area contributed by atoms with Gasteiger partial charge in [0.25, 0.3) is 5.91 Å². The molecule has 1 amide bonds. The van der Waals surface area contributed by atoms with E-state index >= 15 is 0 Å². The van der Waals surface area contributed by atoms with Crippen LogP contribution in [0.15, 0.2) is 36.5 Å². The fourth-order valence-electron chi connectivity index (χ4n) is 3.57. The van der Waals surface area contributed by atoms with Gasteiger partial charge in [0.15, 0.2) is 0 Å². The summed E-state index contributed by atoms with van der Waals surface area (Å²) in [5.41, 5.74) is 1.69. The van der Waals surface area contributed by atoms with Crippen LogP contribution >= 0.6 is 0 Å². The molecule has 1 aliphatic heterocycles. The predicted octanol–water partition coefficient (Wildman–Crippen LogP) is 2.72. The molecule has 0 atom stereocenters. The standard InChI is InChI=1S/C21H30N4O/c1-3-10-25(16-15-24-13-11-23(4-2)12-14-24)21(26)19-7-8-20-18(17-19)6-5-9-22-20/h5-9,17H,3-4,10-16H2,1-2H3. The number of amides is 1. The average molecular weight is 354 g/mol. The first-order valence-corrected chi connectivity index (χ1v) is 9.80. The Hall–Kier alpha value is -1.98. The zero-order valence-electron chi connectivity index (χ0n) is 16.0. The SMILES string of the molecule is CCCN(CCN1CCN(CC)CC1)C(=O)c1ccc2ncccc2c1. The molecule has 0 saturated carbocycles. The molecule has 0 spiro atoms. The van der Waals surface area contributed by atoms with Crippen molar-refractivity contribution in [2.75, 3.05) is 52.4 Å². The molecule has 1 saturated heterocycles. The minimum Gasteiger partial charge on any atom is -0.337 e. The van der Waals surface area contributed by atoms with Gasteiger partial charge in [-0.05, 0) is 37.2 Å². The third-order valence-corrected chi connectivity index (χ3v) is 5.23. The van der Waals surface area contributed by atoms with Crippen molar-refractivity contribution in [1.29, 1.82) is 0 Å². The maximum Gasteiger partial charge on any atom is 0.253 e. The van der Waals surface area contributed by atoms with Crippen molar-refractivity contribution in [1.82, 2.24) is 19.7 Å². The first-order chi connectivity index (χ1) is 12.7. The number of benzene rings is 1. The van der Waals surface area contributed by atoms with Gasteiger partial charge in [-0.1, -0.05) is 19.9 Å². The summed E-state index contributed by atoms with van der Waals surface area (Å²) >= 11 is 0. The fraction of sp³-hybridized carbons (Fsp3) is 0.524. The quantitative estimate of drug-likeness (QED) is 0.766. The van der Waals surface area contributed by atoms with Crippen LogP contribution in [0.2, 0.25) is 0 Å². The van der Waals surface area contributed by atoms with Gasteiger partial charge < -0.3 is 9.80 Å². The summed E-state index contributed by atoms with van der Waals surface area (Å²) in [5, 5.41) is 1.02. The molecule has 5 heteroatoms. The highest BCUT2D eigenvalue weighted by Crippen LogP contribution is 2.15. The summed E-state index contributed by atoms with van der Waals surface area (Å²) in [6, 6.07) is 9.73. The second kappa shape index (κ2) is 9.10. The van der Waals surface area contributed by atoms with Crippen LogP contribution in [0.3, 0.4) is 0 Å². The van der Waals surface area contributed by atoms with Crippen LogP contribution in [-0.2, 0) is 0 Å². The van der Waals surface area contributed by atoms with Gasteiger partial charge >= 0.3 is 0 Å². The van der Waals surface area contributed by atoms with Gasteiger partial charge in [0, 0.05) is 63.0 Å². The van der Waals surface area contributed by atoms with E-state index in [4.69, 9.17) is 0 Å². The number of rotatable bonds is 7. The summed E-state index contributed by atoms with van der Waals surface area (Å²) in [7, 11) is 0. The van der Waals surface area contributed by atoms with Crippen molar-refractivity contribution in [2.24, 2.45) is 0 Å². The summed E-state index contributed by atoms with van der Waals surface area (Å²) in [6.45, 7) is 12.5. The lowest BCUT2D eigenvalue weighted by Gasteiger charge is -2.35. The summed E-state index contributed by atoms with van der Waals surface area (Å²) in [5.74, 6) is 0.129. The van der Waals surface area contributed by atoms with E-state index in [-0.39, 0.29) is 5.91 Å². The topological polar surface area (TPSA) is 39.7 Å². The Balaban J connectivity index is 1.63. The largest absolute Gasteiger partial charge is 0.337 e. The van der Waals surface area contributed by atoms with E-state index in [2.05, 4.69) is 28.6 Å². The number of pyridine rings is 1. The molecule has 1 aromatic carbocycles. The van der Waals surface area contributed by atoms with Crippen LogP contribution < -0.4 is 0 Å². The number of nitrogens with zero attached hydrogens (tertiary/aromatic N) is 4.